The fourth-order valence-corrected chi connectivity index (χ4v) is 2.28. The van der Waals surface area contributed by atoms with Crippen LogP contribution >= 0.6 is 0 Å². The van der Waals surface area contributed by atoms with Gasteiger partial charge in [-0.15, -0.1) is 0 Å². The van der Waals surface area contributed by atoms with Crippen molar-refractivity contribution in [2.24, 2.45) is 0 Å². The van der Waals surface area contributed by atoms with Crippen LogP contribution in [0.3, 0.4) is 0 Å². The number of pyridine rings is 1. The second-order valence-corrected chi connectivity index (χ2v) is 4.66. The maximum absolute atomic E-state index is 5.66. The average molecular weight is 244 g/mol. The minimum absolute atomic E-state index is 0.418. The quantitative estimate of drug-likeness (QED) is 0.819. The van der Waals surface area contributed by atoms with E-state index in [0.29, 0.717) is 24.3 Å². The molecule has 1 aliphatic rings. The van der Waals surface area contributed by atoms with Crippen LogP contribution in [-0.4, -0.2) is 46.1 Å². The molecule has 0 saturated carbocycles. The second kappa shape index (κ2) is 4.86. The number of likely N-dealkylation sites (tertiary alicyclic amines) is 1. The van der Waals surface area contributed by atoms with Gasteiger partial charge in [0, 0.05) is 23.8 Å². The lowest BCUT2D eigenvalue weighted by Crippen LogP contribution is -2.30. The molecule has 0 aromatic carbocycles. The van der Waals surface area contributed by atoms with E-state index in [0.717, 1.165) is 11.9 Å². The summed E-state index contributed by atoms with van der Waals surface area (Å²) in [6.07, 6.45) is 5.90. The van der Waals surface area contributed by atoms with Gasteiger partial charge in [0.15, 0.2) is 5.65 Å². The molecule has 0 spiro atoms. The standard InChI is InChI=1S/C13H16N4O/c1-17-7-3-5-11(17)9-18-13-15-8-10-4-2-6-14-12(10)16-13/h2,4,6,8,11H,3,5,7,9H2,1H3/t11-/m0/s1. The maximum atomic E-state index is 5.66. The first-order chi connectivity index (χ1) is 8.83. The monoisotopic (exact) mass is 244 g/mol. The highest BCUT2D eigenvalue weighted by Gasteiger charge is 2.21. The summed E-state index contributed by atoms with van der Waals surface area (Å²) >= 11 is 0. The highest BCUT2D eigenvalue weighted by atomic mass is 16.5. The molecule has 2 aromatic rings. The minimum atomic E-state index is 0.418. The van der Waals surface area contributed by atoms with Gasteiger partial charge in [0.25, 0.3) is 0 Å². The first kappa shape index (κ1) is 11.3. The first-order valence-corrected chi connectivity index (χ1v) is 6.24. The van der Waals surface area contributed by atoms with Crippen molar-refractivity contribution in [1.82, 2.24) is 19.9 Å². The molecule has 94 valence electrons. The van der Waals surface area contributed by atoms with E-state index in [1.54, 1.807) is 12.4 Å². The molecule has 3 rings (SSSR count). The molecule has 0 bridgehead atoms. The van der Waals surface area contributed by atoms with Gasteiger partial charge in [0.05, 0.1) is 0 Å². The third-order valence-electron chi connectivity index (χ3n) is 3.41. The van der Waals surface area contributed by atoms with Gasteiger partial charge < -0.3 is 9.64 Å². The lowest BCUT2D eigenvalue weighted by molar-refractivity contribution is 0.188. The summed E-state index contributed by atoms with van der Waals surface area (Å²) in [5.74, 6) is 0. The molecule has 1 aliphatic heterocycles. The second-order valence-electron chi connectivity index (χ2n) is 4.66. The van der Waals surface area contributed by atoms with Gasteiger partial charge in [0.1, 0.15) is 6.61 Å². The Hall–Kier alpha value is -1.75. The summed E-state index contributed by atoms with van der Waals surface area (Å²) in [6, 6.07) is 4.71. The van der Waals surface area contributed by atoms with Gasteiger partial charge in [-0.05, 0) is 38.6 Å². The largest absolute Gasteiger partial charge is 0.462 e. The molecule has 1 fully saturated rings. The highest BCUT2D eigenvalue weighted by Crippen LogP contribution is 2.16. The van der Waals surface area contributed by atoms with Crippen LogP contribution in [0, 0.1) is 0 Å². The predicted molar refractivity (Wildman–Crippen MR) is 68.5 cm³/mol. The average Bonchev–Trinajstić information content (AvgIpc) is 2.82. The molecule has 5 heteroatoms. The van der Waals surface area contributed by atoms with E-state index in [9.17, 15) is 0 Å². The Kier molecular flexibility index (Phi) is 3.06. The smallest absolute Gasteiger partial charge is 0.318 e. The van der Waals surface area contributed by atoms with Crippen molar-refractivity contribution in [3.63, 3.8) is 0 Å². The van der Waals surface area contributed by atoms with Crippen molar-refractivity contribution >= 4 is 11.0 Å². The molecule has 0 radical (unpaired) electrons. The van der Waals surface area contributed by atoms with E-state index in [4.69, 9.17) is 4.74 Å². The van der Waals surface area contributed by atoms with Crippen LogP contribution in [-0.2, 0) is 0 Å². The predicted octanol–water partition coefficient (Wildman–Crippen LogP) is 1.50. The van der Waals surface area contributed by atoms with E-state index >= 15 is 0 Å². The zero-order valence-corrected chi connectivity index (χ0v) is 10.4. The summed E-state index contributed by atoms with van der Waals surface area (Å²) in [5, 5.41) is 0.933. The van der Waals surface area contributed by atoms with Gasteiger partial charge in [-0.2, -0.15) is 4.98 Å². The van der Waals surface area contributed by atoms with Crippen LogP contribution in [0.1, 0.15) is 12.8 Å². The lowest BCUT2D eigenvalue weighted by Gasteiger charge is -2.18. The molecule has 0 aliphatic carbocycles. The Labute approximate surface area is 106 Å². The SMILES string of the molecule is CN1CCC[C@H]1COc1ncc2cccnc2n1. The van der Waals surface area contributed by atoms with Crippen LogP contribution in [0.5, 0.6) is 6.01 Å². The number of hydrogen-bond donors (Lipinski definition) is 0. The van der Waals surface area contributed by atoms with Crippen LogP contribution in [0.15, 0.2) is 24.5 Å². The number of ether oxygens (including phenoxy) is 1. The molecule has 1 saturated heterocycles. The maximum Gasteiger partial charge on any atom is 0.318 e. The molecule has 0 amide bonds. The van der Waals surface area contributed by atoms with E-state index in [2.05, 4.69) is 26.9 Å². The summed E-state index contributed by atoms with van der Waals surface area (Å²) < 4.78 is 5.66. The molecule has 2 aromatic heterocycles. The van der Waals surface area contributed by atoms with Crippen LogP contribution in [0.4, 0.5) is 0 Å². The van der Waals surface area contributed by atoms with Crippen molar-refractivity contribution in [2.45, 2.75) is 18.9 Å². The lowest BCUT2D eigenvalue weighted by atomic mass is 10.2. The van der Waals surface area contributed by atoms with Crippen LogP contribution < -0.4 is 4.74 Å². The van der Waals surface area contributed by atoms with Crippen molar-refractivity contribution in [3.8, 4) is 6.01 Å². The minimum Gasteiger partial charge on any atom is -0.462 e. The van der Waals surface area contributed by atoms with Crippen molar-refractivity contribution in [1.29, 1.82) is 0 Å². The van der Waals surface area contributed by atoms with E-state index in [1.165, 1.54) is 12.8 Å². The first-order valence-electron chi connectivity index (χ1n) is 6.24. The summed E-state index contributed by atoms with van der Waals surface area (Å²) in [7, 11) is 2.13. The highest BCUT2D eigenvalue weighted by molar-refractivity contribution is 5.73. The van der Waals surface area contributed by atoms with Crippen LogP contribution in [0.25, 0.3) is 11.0 Å². The number of likely N-dealkylation sites (N-methyl/N-ethyl adjacent to an activating group) is 1. The fraction of sp³-hybridized carbons (Fsp3) is 0.462. The van der Waals surface area contributed by atoms with Crippen molar-refractivity contribution in [3.05, 3.63) is 24.5 Å². The number of aromatic nitrogens is 3. The van der Waals surface area contributed by atoms with Crippen LogP contribution in [0.2, 0.25) is 0 Å². The van der Waals surface area contributed by atoms with E-state index < -0.39 is 0 Å². The normalized spacial score (nSPS) is 20.4. The number of hydrogen-bond acceptors (Lipinski definition) is 5. The number of fused-ring (bicyclic) bond motifs is 1. The molecule has 0 unspecified atom stereocenters. The molecule has 18 heavy (non-hydrogen) atoms. The van der Waals surface area contributed by atoms with Gasteiger partial charge in [-0.25, -0.2) is 9.97 Å². The fourth-order valence-electron chi connectivity index (χ4n) is 2.28. The molecular weight excluding hydrogens is 228 g/mol. The van der Waals surface area contributed by atoms with E-state index in [1.807, 2.05) is 12.1 Å². The summed E-state index contributed by atoms with van der Waals surface area (Å²) in [5.41, 5.74) is 0.683. The Bertz CT molecular complexity index is 545. The zero-order valence-electron chi connectivity index (χ0n) is 10.4. The zero-order chi connectivity index (χ0) is 12.4. The third kappa shape index (κ3) is 2.26. The van der Waals surface area contributed by atoms with Gasteiger partial charge in [-0.3, -0.25) is 0 Å². The summed E-state index contributed by atoms with van der Waals surface area (Å²) in [4.78, 5) is 15.0. The Morgan fingerprint density at radius 1 is 1.44 bits per heavy atom. The Morgan fingerprint density at radius 2 is 2.39 bits per heavy atom. The molecule has 5 nitrogen and oxygen atoms in total. The molecule has 0 N–H and O–H groups in total. The van der Waals surface area contributed by atoms with Crippen molar-refractivity contribution < 1.29 is 4.74 Å². The number of rotatable bonds is 3. The van der Waals surface area contributed by atoms with Gasteiger partial charge >= 0.3 is 6.01 Å². The molecule has 1 atom stereocenters. The topological polar surface area (TPSA) is 51.1 Å². The number of nitrogens with zero attached hydrogens (tertiary/aromatic N) is 4. The Balaban J connectivity index is 1.71. The van der Waals surface area contributed by atoms with Gasteiger partial charge in [-0.1, -0.05) is 0 Å². The third-order valence-corrected chi connectivity index (χ3v) is 3.41. The Morgan fingerprint density at radius 3 is 3.22 bits per heavy atom. The molecular formula is C13H16N4O. The molecule has 3 heterocycles. The summed E-state index contributed by atoms with van der Waals surface area (Å²) in [6.45, 7) is 1.79. The van der Waals surface area contributed by atoms with Gasteiger partial charge in [0.2, 0.25) is 0 Å². The van der Waals surface area contributed by atoms with Crippen molar-refractivity contribution in [2.75, 3.05) is 20.2 Å². The van der Waals surface area contributed by atoms with E-state index in [-0.39, 0.29) is 0 Å².